The molecule has 0 aliphatic heterocycles. The third-order valence-electron chi connectivity index (χ3n) is 1.62. The van der Waals surface area contributed by atoms with Crippen LogP contribution < -0.4 is 5.73 Å². The van der Waals surface area contributed by atoms with Gasteiger partial charge in [0.15, 0.2) is 0 Å². The fourth-order valence-electron chi connectivity index (χ4n) is 1.01. The first kappa shape index (κ1) is 9.25. The van der Waals surface area contributed by atoms with Crippen molar-refractivity contribution in [1.82, 2.24) is 0 Å². The minimum atomic E-state index is -0.481. The van der Waals surface area contributed by atoms with Crippen LogP contribution in [-0.4, -0.2) is 18.9 Å². The lowest BCUT2D eigenvalue weighted by molar-refractivity contribution is 0.0600. The second kappa shape index (κ2) is 3.71. The molecule has 0 heterocycles. The van der Waals surface area contributed by atoms with E-state index in [1.807, 2.05) is 0 Å². The summed E-state index contributed by atoms with van der Waals surface area (Å²) in [5.41, 5.74) is 6.00. The Labute approximate surface area is 75.8 Å². The maximum atomic E-state index is 11.2. The number of nitrogen functional groups attached to an aromatic ring is 1. The lowest BCUT2D eigenvalue weighted by Gasteiger charge is -2.04. The Balaban J connectivity index is 3.19. The van der Waals surface area contributed by atoms with Gasteiger partial charge in [-0.15, -0.1) is 0 Å². The normalized spacial score (nSPS) is 9.31. The van der Waals surface area contributed by atoms with Crippen molar-refractivity contribution in [2.75, 3.05) is 7.11 Å². The van der Waals surface area contributed by atoms with Crippen LogP contribution in [-0.2, 0) is 4.74 Å². The van der Waals surface area contributed by atoms with Crippen molar-refractivity contribution in [2.24, 2.45) is 5.73 Å². The largest absolute Gasteiger partial charge is 0.465 e. The molecule has 0 saturated heterocycles. The average Bonchev–Trinajstić information content (AvgIpc) is 2.16. The molecule has 4 nitrogen and oxygen atoms in total. The molecule has 0 bridgehead atoms. The number of amidine groups is 1. The molecule has 0 aliphatic carbocycles. The van der Waals surface area contributed by atoms with E-state index in [0.717, 1.165) is 0 Å². The molecule has 0 fully saturated rings. The van der Waals surface area contributed by atoms with Crippen LogP contribution in [0, 0.1) is 5.41 Å². The van der Waals surface area contributed by atoms with Gasteiger partial charge in [-0.1, -0.05) is 18.2 Å². The van der Waals surface area contributed by atoms with Gasteiger partial charge in [0.1, 0.15) is 5.84 Å². The van der Waals surface area contributed by atoms with Crippen LogP contribution in [0.5, 0.6) is 0 Å². The molecular weight excluding hydrogens is 168 g/mol. The van der Waals surface area contributed by atoms with Crippen molar-refractivity contribution in [3.05, 3.63) is 35.4 Å². The number of methoxy groups -OCH3 is 1. The highest BCUT2D eigenvalue weighted by Crippen LogP contribution is 2.08. The Morgan fingerprint density at radius 3 is 2.38 bits per heavy atom. The molecule has 0 unspecified atom stereocenters. The standard InChI is InChI=1S/C9H10N2O2/c1-13-9(12)7-5-3-2-4-6(7)8(10)11/h2-5H,1H3,(H3,10,11). The van der Waals surface area contributed by atoms with Gasteiger partial charge in [0.2, 0.25) is 0 Å². The van der Waals surface area contributed by atoms with E-state index in [4.69, 9.17) is 11.1 Å². The third kappa shape index (κ3) is 1.84. The minimum absolute atomic E-state index is 0.138. The summed E-state index contributed by atoms with van der Waals surface area (Å²) in [6.07, 6.45) is 0. The van der Waals surface area contributed by atoms with Crippen LogP contribution in [0.25, 0.3) is 0 Å². The number of hydrogen-bond donors (Lipinski definition) is 2. The number of nitrogens with two attached hydrogens (primary N) is 1. The van der Waals surface area contributed by atoms with Gasteiger partial charge in [0, 0.05) is 5.56 Å². The first-order valence-electron chi connectivity index (χ1n) is 3.68. The SMILES string of the molecule is COC(=O)c1ccccc1C(=N)N. The second-order valence-electron chi connectivity index (χ2n) is 2.45. The zero-order chi connectivity index (χ0) is 9.84. The van der Waals surface area contributed by atoms with Gasteiger partial charge in [0.25, 0.3) is 0 Å². The minimum Gasteiger partial charge on any atom is -0.465 e. The Morgan fingerprint density at radius 1 is 1.38 bits per heavy atom. The predicted molar refractivity (Wildman–Crippen MR) is 48.8 cm³/mol. The monoisotopic (exact) mass is 178 g/mol. The molecule has 13 heavy (non-hydrogen) atoms. The van der Waals surface area contributed by atoms with Crippen LogP contribution in [0.2, 0.25) is 0 Å². The first-order valence-corrected chi connectivity index (χ1v) is 3.68. The van der Waals surface area contributed by atoms with Crippen LogP contribution in [0.3, 0.4) is 0 Å². The molecule has 0 aromatic heterocycles. The molecule has 1 aromatic rings. The molecule has 3 N–H and O–H groups in total. The van der Waals surface area contributed by atoms with E-state index in [-0.39, 0.29) is 5.84 Å². The Bertz CT molecular complexity index is 347. The summed E-state index contributed by atoms with van der Waals surface area (Å²) in [5.74, 6) is -0.619. The van der Waals surface area contributed by atoms with Gasteiger partial charge >= 0.3 is 5.97 Å². The van der Waals surface area contributed by atoms with Crippen molar-refractivity contribution < 1.29 is 9.53 Å². The summed E-state index contributed by atoms with van der Waals surface area (Å²) in [4.78, 5) is 11.2. The Hall–Kier alpha value is -1.84. The van der Waals surface area contributed by atoms with E-state index >= 15 is 0 Å². The summed E-state index contributed by atoms with van der Waals surface area (Å²) >= 11 is 0. The van der Waals surface area contributed by atoms with Gasteiger partial charge in [-0.3, -0.25) is 5.41 Å². The van der Waals surface area contributed by atoms with E-state index in [1.54, 1.807) is 24.3 Å². The molecule has 0 amide bonds. The van der Waals surface area contributed by atoms with Crippen molar-refractivity contribution in [3.63, 3.8) is 0 Å². The van der Waals surface area contributed by atoms with Crippen LogP contribution in [0.15, 0.2) is 24.3 Å². The number of benzene rings is 1. The number of ether oxygens (including phenoxy) is 1. The van der Waals surface area contributed by atoms with Crippen molar-refractivity contribution in [3.8, 4) is 0 Å². The van der Waals surface area contributed by atoms with E-state index in [0.29, 0.717) is 11.1 Å². The number of hydrogen-bond acceptors (Lipinski definition) is 3. The summed E-state index contributed by atoms with van der Waals surface area (Å²) in [7, 11) is 1.29. The molecule has 68 valence electrons. The molecule has 0 spiro atoms. The predicted octanol–water partition coefficient (Wildman–Crippen LogP) is 0.757. The lowest BCUT2D eigenvalue weighted by atomic mass is 10.1. The first-order chi connectivity index (χ1) is 6.16. The highest BCUT2D eigenvalue weighted by Gasteiger charge is 2.11. The molecule has 0 atom stereocenters. The fraction of sp³-hybridized carbons (Fsp3) is 0.111. The number of nitrogens with one attached hydrogen (secondary N) is 1. The van der Waals surface area contributed by atoms with E-state index in [1.165, 1.54) is 7.11 Å². The third-order valence-corrected chi connectivity index (χ3v) is 1.62. The van der Waals surface area contributed by atoms with Crippen LogP contribution in [0.1, 0.15) is 15.9 Å². The highest BCUT2D eigenvalue weighted by molar-refractivity contribution is 6.05. The molecule has 1 rings (SSSR count). The number of carbonyl (C=O) groups excluding carboxylic acids is 1. The summed E-state index contributed by atoms with van der Waals surface area (Å²) in [6.45, 7) is 0. The van der Waals surface area contributed by atoms with E-state index < -0.39 is 5.97 Å². The van der Waals surface area contributed by atoms with Gasteiger partial charge in [0.05, 0.1) is 12.7 Å². The molecule has 1 aromatic carbocycles. The number of rotatable bonds is 2. The van der Waals surface area contributed by atoms with E-state index in [2.05, 4.69) is 4.74 Å². The maximum absolute atomic E-state index is 11.2. The van der Waals surface area contributed by atoms with Gasteiger partial charge < -0.3 is 10.5 Å². The van der Waals surface area contributed by atoms with Gasteiger partial charge in [-0.25, -0.2) is 4.79 Å². The summed E-state index contributed by atoms with van der Waals surface area (Å²) in [5, 5.41) is 7.21. The quantitative estimate of drug-likeness (QED) is 0.398. The van der Waals surface area contributed by atoms with Crippen molar-refractivity contribution >= 4 is 11.8 Å². The van der Waals surface area contributed by atoms with Crippen LogP contribution >= 0.6 is 0 Å². The smallest absolute Gasteiger partial charge is 0.338 e. The Morgan fingerprint density at radius 2 is 1.92 bits per heavy atom. The molecule has 0 aliphatic rings. The lowest BCUT2D eigenvalue weighted by Crippen LogP contribution is -2.16. The fourth-order valence-corrected chi connectivity index (χ4v) is 1.01. The summed E-state index contributed by atoms with van der Waals surface area (Å²) < 4.78 is 4.54. The average molecular weight is 178 g/mol. The van der Waals surface area contributed by atoms with Gasteiger partial charge in [-0.05, 0) is 6.07 Å². The highest BCUT2D eigenvalue weighted by atomic mass is 16.5. The van der Waals surface area contributed by atoms with Crippen LogP contribution in [0.4, 0.5) is 0 Å². The molecular formula is C9H10N2O2. The number of esters is 1. The molecule has 4 heteroatoms. The van der Waals surface area contributed by atoms with Gasteiger partial charge in [-0.2, -0.15) is 0 Å². The zero-order valence-electron chi connectivity index (χ0n) is 7.20. The number of carbonyl (C=O) groups is 1. The topological polar surface area (TPSA) is 76.2 Å². The zero-order valence-corrected chi connectivity index (χ0v) is 7.20. The van der Waals surface area contributed by atoms with Crippen molar-refractivity contribution in [1.29, 1.82) is 5.41 Å². The molecule has 0 radical (unpaired) electrons. The van der Waals surface area contributed by atoms with E-state index in [9.17, 15) is 4.79 Å². The molecule has 0 saturated carbocycles. The maximum Gasteiger partial charge on any atom is 0.338 e. The summed E-state index contributed by atoms with van der Waals surface area (Å²) in [6, 6.07) is 6.58. The Kier molecular flexibility index (Phi) is 2.64. The second-order valence-corrected chi connectivity index (χ2v) is 2.45. The van der Waals surface area contributed by atoms with Crippen molar-refractivity contribution in [2.45, 2.75) is 0 Å².